The molecule has 0 saturated carbocycles. The number of aryl methyl sites for hydroxylation is 2. The SMILES string of the molecule is Cc1cc(C)c2c(c1)C(NC(=O)CCCNC(=O)c1ccco1)CCO2. The van der Waals surface area contributed by atoms with Gasteiger partial charge in [0.05, 0.1) is 18.9 Å². The molecule has 2 N–H and O–H groups in total. The van der Waals surface area contributed by atoms with Gasteiger partial charge in [0.15, 0.2) is 5.76 Å². The number of fused-ring (bicyclic) bond motifs is 1. The zero-order chi connectivity index (χ0) is 18.5. The van der Waals surface area contributed by atoms with Crippen LogP contribution < -0.4 is 15.4 Å². The molecule has 26 heavy (non-hydrogen) atoms. The first-order valence-corrected chi connectivity index (χ1v) is 8.89. The first-order valence-electron chi connectivity index (χ1n) is 8.89. The molecule has 1 unspecified atom stereocenters. The maximum Gasteiger partial charge on any atom is 0.286 e. The number of rotatable bonds is 6. The number of carbonyl (C=O) groups excluding carboxylic acids is 2. The minimum atomic E-state index is -0.264. The van der Waals surface area contributed by atoms with E-state index >= 15 is 0 Å². The first kappa shape index (κ1) is 18.0. The van der Waals surface area contributed by atoms with Gasteiger partial charge in [-0.1, -0.05) is 17.7 Å². The number of ether oxygens (including phenoxy) is 1. The third-order valence-corrected chi connectivity index (χ3v) is 4.42. The Labute approximate surface area is 152 Å². The van der Waals surface area contributed by atoms with Crippen molar-refractivity contribution in [1.82, 2.24) is 10.6 Å². The van der Waals surface area contributed by atoms with Crippen LogP contribution in [-0.4, -0.2) is 25.0 Å². The van der Waals surface area contributed by atoms with Crippen molar-refractivity contribution in [3.8, 4) is 5.75 Å². The number of carbonyl (C=O) groups is 2. The molecule has 0 fully saturated rings. The van der Waals surface area contributed by atoms with Crippen LogP contribution in [0.3, 0.4) is 0 Å². The van der Waals surface area contributed by atoms with Crippen LogP contribution >= 0.6 is 0 Å². The Morgan fingerprint density at radius 1 is 1.27 bits per heavy atom. The number of hydrogen-bond acceptors (Lipinski definition) is 4. The van der Waals surface area contributed by atoms with Crippen LogP contribution in [0.15, 0.2) is 34.9 Å². The van der Waals surface area contributed by atoms with Crippen molar-refractivity contribution in [2.45, 2.75) is 39.2 Å². The summed E-state index contributed by atoms with van der Waals surface area (Å²) in [6.45, 7) is 5.09. The highest BCUT2D eigenvalue weighted by Gasteiger charge is 2.24. The Morgan fingerprint density at radius 3 is 2.88 bits per heavy atom. The Balaban J connectivity index is 1.48. The standard InChI is InChI=1S/C20H24N2O4/c1-13-11-14(2)19-15(12-13)16(7-10-26-19)22-18(23)6-3-8-21-20(24)17-5-4-9-25-17/h4-5,9,11-12,16H,3,6-8,10H2,1-2H3,(H,21,24)(H,22,23). The fourth-order valence-electron chi connectivity index (χ4n) is 3.24. The number of benzene rings is 1. The third kappa shape index (κ3) is 4.25. The van der Waals surface area contributed by atoms with Gasteiger partial charge in [0, 0.05) is 24.9 Å². The lowest BCUT2D eigenvalue weighted by Gasteiger charge is -2.28. The predicted octanol–water partition coefficient (Wildman–Crippen LogP) is 3.05. The van der Waals surface area contributed by atoms with Crippen LogP contribution in [0, 0.1) is 13.8 Å². The van der Waals surface area contributed by atoms with E-state index in [1.165, 1.54) is 6.26 Å². The molecule has 2 aromatic rings. The normalized spacial score (nSPS) is 15.7. The van der Waals surface area contributed by atoms with E-state index in [2.05, 4.69) is 22.8 Å². The fraction of sp³-hybridized carbons (Fsp3) is 0.400. The van der Waals surface area contributed by atoms with Crippen molar-refractivity contribution in [1.29, 1.82) is 0 Å². The van der Waals surface area contributed by atoms with Gasteiger partial charge in [-0.25, -0.2) is 0 Å². The van der Waals surface area contributed by atoms with Crippen molar-refractivity contribution >= 4 is 11.8 Å². The third-order valence-electron chi connectivity index (χ3n) is 4.42. The zero-order valence-corrected chi connectivity index (χ0v) is 15.1. The van der Waals surface area contributed by atoms with E-state index < -0.39 is 0 Å². The van der Waals surface area contributed by atoms with Gasteiger partial charge in [-0.2, -0.15) is 0 Å². The van der Waals surface area contributed by atoms with E-state index in [0.29, 0.717) is 26.0 Å². The molecule has 3 rings (SSSR count). The molecule has 1 atom stereocenters. The molecule has 2 amide bonds. The molecule has 0 spiro atoms. The molecule has 1 aromatic carbocycles. The second kappa shape index (κ2) is 8.08. The van der Waals surface area contributed by atoms with Gasteiger partial charge in [0.25, 0.3) is 5.91 Å². The molecule has 6 nitrogen and oxygen atoms in total. The van der Waals surface area contributed by atoms with Crippen molar-refractivity contribution in [3.63, 3.8) is 0 Å². The first-order chi connectivity index (χ1) is 12.5. The van der Waals surface area contributed by atoms with Crippen LogP contribution in [0.2, 0.25) is 0 Å². The maximum absolute atomic E-state index is 12.3. The largest absolute Gasteiger partial charge is 0.493 e. The summed E-state index contributed by atoms with van der Waals surface area (Å²) in [7, 11) is 0. The summed E-state index contributed by atoms with van der Waals surface area (Å²) < 4.78 is 10.8. The Hall–Kier alpha value is -2.76. The topological polar surface area (TPSA) is 80.6 Å². The summed E-state index contributed by atoms with van der Waals surface area (Å²) in [5, 5.41) is 5.84. The van der Waals surface area contributed by atoms with Gasteiger partial charge in [-0.3, -0.25) is 9.59 Å². The lowest BCUT2D eigenvalue weighted by molar-refractivity contribution is -0.122. The van der Waals surface area contributed by atoms with E-state index in [1.807, 2.05) is 13.8 Å². The van der Waals surface area contributed by atoms with Crippen molar-refractivity contribution in [2.24, 2.45) is 0 Å². The minimum Gasteiger partial charge on any atom is -0.493 e. The molecule has 2 heterocycles. The van der Waals surface area contributed by atoms with Crippen LogP contribution in [-0.2, 0) is 4.79 Å². The Bertz CT molecular complexity index is 783. The molecule has 6 heteroatoms. The second-order valence-electron chi connectivity index (χ2n) is 6.59. The molecule has 0 saturated heterocycles. The van der Waals surface area contributed by atoms with Crippen LogP contribution in [0.5, 0.6) is 5.75 Å². The Morgan fingerprint density at radius 2 is 2.12 bits per heavy atom. The van der Waals surface area contributed by atoms with Crippen LogP contribution in [0.4, 0.5) is 0 Å². The molecular formula is C20H24N2O4. The highest BCUT2D eigenvalue weighted by Crippen LogP contribution is 2.35. The number of furan rings is 1. The van der Waals surface area contributed by atoms with Crippen molar-refractivity contribution < 1.29 is 18.7 Å². The van der Waals surface area contributed by atoms with Crippen LogP contribution in [0.25, 0.3) is 0 Å². The average Bonchev–Trinajstić information content (AvgIpc) is 3.14. The summed E-state index contributed by atoms with van der Waals surface area (Å²) in [4.78, 5) is 24.0. The molecule has 0 aliphatic carbocycles. The number of hydrogen-bond donors (Lipinski definition) is 2. The lowest BCUT2D eigenvalue weighted by Crippen LogP contribution is -2.33. The molecular weight excluding hydrogens is 332 g/mol. The molecule has 1 aliphatic heterocycles. The second-order valence-corrected chi connectivity index (χ2v) is 6.59. The number of nitrogens with one attached hydrogen (secondary N) is 2. The Kier molecular flexibility index (Phi) is 5.61. The predicted molar refractivity (Wildman–Crippen MR) is 97.2 cm³/mol. The maximum atomic E-state index is 12.3. The van der Waals surface area contributed by atoms with Gasteiger partial charge < -0.3 is 19.8 Å². The number of amides is 2. The highest BCUT2D eigenvalue weighted by atomic mass is 16.5. The van der Waals surface area contributed by atoms with Gasteiger partial charge in [-0.15, -0.1) is 0 Å². The van der Waals surface area contributed by atoms with E-state index in [-0.39, 0.29) is 23.6 Å². The van der Waals surface area contributed by atoms with Gasteiger partial charge in [0.2, 0.25) is 5.91 Å². The van der Waals surface area contributed by atoms with Crippen LogP contribution in [0.1, 0.15) is 52.5 Å². The summed E-state index contributed by atoms with van der Waals surface area (Å²) in [5.74, 6) is 0.880. The average molecular weight is 356 g/mol. The monoisotopic (exact) mass is 356 g/mol. The summed E-state index contributed by atoms with van der Waals surface area (Å²) in [5.41, 5.74) is 3.31. The minimum absolute atomic E-state index is 0.0192. The van der Waals surface area contributed by atoms with E-state index in [4.69, 9.17) is 9.15 Å². The van der Waals surface area contributed by atoms with Gasteiger partial charge in [-0.05, 0) is 38.0 Å². The van der Waals surface area contributed by atoms with E-state index in [1.54, 1.807) is 12.1 Å². The highest BCUT2D eigenvalue weighted by molar-refractivity contribution is 5.91. The molecule has 138 valence electrons. The fourth-order valence-corrected chi connectivity index (χ4v) is 3.24. The lowest BCUT2D eigenvalue weighted by atomic mass is 9.95. The zero-order valence-electron chi connectivity index (χ0n) is 15.1. The molecule has 1 aliphatic rings. The summed E-state index contributed by atoms with van der Waals surface area (Å²) >= 11 is 0. The molecule has 0 bridgehead atoms. The summed E-state index contributed by atoms with van der Waals surface area (Å²) in [6, 6.07) is 7.41. The quantitative estimate of drug-likeness (QED) is 0.780. The smallest absolute Gasteiger partial charge is 0.286 e. The van der Waals surface area contributed by atoms with Crippen molar-refractivity contribution in [3.05, 3.63) is 53.0 Å². The van der Waals surface area contributed by atoms with E-state index in [9.17, 15) is 9.59 Å². The van der Waals surface area contributed by atoms with Gasteiger partial charge >= 0.3 is 0 Å². The van der Waals surface area contributed by atoms with E-state index in [0.717, 1.165) is 28.9 Å². The van der Waals surface area contributed by atoms with Crippen molar-refractivity contribution in [2.75, 3.05) is 13.2 Å². The summed E-state index contributed by atoms with van der Waals surface area (Å²) in [6.07, 6.45) is 3.14. The molecule has 1 aromatic heterocycles. The van der Waals surface area contributed by atoms with Gasteiger partial charge in [0.1, 0.15) is 5.75 Å². The molecule has 0 radical (unpaired) electrons.